The summed E-state index contributed by atoms with van der Waals surface area (Å²) in [5.41, 5.74) is 1.52. The molecule has 10 nitrogen and oxygen atoms in total. The Morgan fingerprint density at radius 1 is 1.00 bits per heavy atom. The number of carbonyl (C=O) groups is 2. The minimum Gasteiger partial charge on any atom is -0.485 e. The fourth-order valence-corrected chi connectivity index (χ4v) is 5.07. The molecule has 2 saturated heterocycles. The number of fused-ring (bicyclic) bond motifs is 1. The van der Waals surface area contributed by atoms with E-state index in [1.54, 1.807) is 11.2 Å². The molecule has 0 unspecified atom stereocenters. The molecule has 1 aromatic carbocycles. The molecule has 0 aliphatic carbocycles. The molecule has 4 heterocycles. The summed E-state index contributed by atoms with van der Waals surface area (Å²) < 4.78 is 11.4. The minimum absolute atomic E-state index is 0.0842. The zero-order valence-electron chi connectivity index (χ0n) is 21.0. The number of hydrogen-bond donors (Lipinski definition) is 1. The zero-order chi connectivity index (χ0) is 25.1. The van der Waals surface area contributed by atoms with Crippen molar-refractivity contribution >= 4 is 29.3 Å². The first-order valence-electron chi connectivity index (χ1n) is 12.9. The van der Waals surface area contributed by atoms with E-state index in [9.17, 15) is 9.59 Å². The van der Waals surface area contributed by atoms with Crippen molar-refractivity contribution in [3.63, 3.8) is 0 Å². The van der Waals surface area contributed by atoms with E-state index in [1.165, 1.54) is 0 Å². The largest absolute Gasteiger partial charge is 0.485 e. The van der Waals surface area contributed by atoms with Crippen LogP contribution in [-0.4, -0.2) is 83.2 Å². The van der Waals surface area contributed by atoms with Gasteiger partial charge < -0.3 is 29.5 Å². The number of benzene rings is 1. The van der Waals surface area contributed by atoms with Crippen LogP contribution in [0.25, 0.3) is 0 Å². The maximum Gasteiger partial charge on any atom is 0.410 e. The highest BCUT2D eigenvalue weighted by Crippen LogP contribution is 2.38. The van der Waals surface area contributed by atoms with Gasteiger partial charge in [-0.15, -0.1) is 0 Å². The molecule has 0 radical (unpaired) electrons. The molecule has 5 rings (SSSR count). The highest BCUT2D eigenvalue weighted by molar-refractivity contribution is 5.94. The lowest BCUT2D eigenvalue weighted by Crippen LogP contribution is -2.49. The van der Waals surface area contributed by atoms with Gasteiger partial charge in [0, 0.05) is 43.5 Å². The second-order valence-electron chi connectivity index (χ2n) is 9.77. The number of amides is 2. The molecule has 0 spiro atoms. The Kier molecular flexibility index (Phi) is 7.11. The van der Waals surface area contributed by atoms with Gasteiger partial charge in [-0.1, -0.05) is 0 Å². The normalized spacial score (nSPS) is 18.1. The Morgan fingerprint density at radius 2 is 1.72 bits per heavy atom. The molecule has 3 aliphatic heterocycles. The first-order valence-corrected chi connectivity index (χ1v) is 12.9. The Bertz CT molecular complexity index is 1080. The van der Waals surface area contributed by atoms with Gasteiger partial charge in [0.05, 0.1) is 12.6 Å². The van der Waals surface area contributed by atoms with E-state index in [2.05, 4.69) is 20.2 Å². The molecule has 1 N–H and O–H groups in total. The average molecular weight is 495 g/mol. The summed E-state index contributed by atoms with van der Waals surface area (Å²) in [5.74, 6) is 2.08. The van der Waals surface area contributed by atoms with Crippen LogP contribution in [0.15, 0.2) is 30.6 Å². The summed E-state index contributed by atoms with van der Waals surface area (Å²) in [6.07, 6.45) is 5.01. The van der Waals surface area contributed by atoms with E-state index < -0.39 is 0 Å². The van der Waals surface area contributed by atoms with Crippen LogP contribution in [0.1, 0.15) is 49.9 Å². The number of piperidine rings is 1. The quantitative estimate of drug-likeness (QED) is 0.672. The van der Waals surface area contributed by atoms with Gasteiger partial charge in [-0.05, 0) is 63.8 Å². The van der Waals surface area contributed by atoms with Crippen molar-refractivity contribution in [2.75, 3.05) is 49.5 Å². The molecule has 10 heteroatoms. The molecular formula is C26H34N6O4. The molecule has 2 amide bonds. The van der Waals surface area contributed by atoms with Crippen molar-refractivity contribution in [3.8, 4) is 5.75 Å². The van der Waals surface area contributed by atoms with E-state index in [0.717, 1.165) is 56.8 Å². The van der Waals surface area contributed by atoms with Gasteiger partial charge in [0.1, 0.15) is 12.9 Å². The van der Waals surface area contributed by atoms with Crippen LogP contribution < -0.4 is 15.0 Å². The number of rotatable bonds is 5. The molecule has 3 aliphatic rings. The summed E-state index contributed by atoms with van der Waals surface area (Å²) in [5, 5.41) is 3.33. The molecule has 0 bridgehead atoms. The molecular weight excluding hydrogens is 460 g/mol. The maximum absolute atomic E-state index is 12.6. The monoisotopic (exact) mass is 494 g/mol. The van der Waals surface area contributed by atoms with Crippen molar-refractivity contribution in [1.82, 2.24) is 19.8 Å². The summed E-state index contributed by atoms with van der Waals surface area (Å²) >= 11 is 0. The topological polar surface area (TPSA) is 100 Å². The highest BCUT2D eigenvalue weighted by atomic mass is 16.6. The second-order valence-corrected chi connectivity index (χ2v) is 9.77. The van der Waals surface area contributed by atoms with E-state index in [-0.39, 0.29) is 24.1 Å². The van der Waals surface area contributed by atoms with Gasteiger partial charge in [-0.25, -0.2) is 14.8 Å². The highest BCUT2D eigenvalue weighted by Gasteiger charge is 2.33. The maximum atomic E-state index is 12.6. The molecule has 2 fully saturated rings. The minimum atomic E-state index is -0.243. The van der Waals surface area contributed by atoms with Crippen LogP contribution in [0.5, 0.6) is 5.75 Å². The first-order chi connectivity index (χ1) is 17.5. The molecule has 0 saturated carbocycles. The van der Waals surface area contributed by atoms with Crippen LogP contribution in [0.3, 0.4) is 0 Å². The summed E-state index contributed by atoms with van der Waals surface area (Å²) in [6, 6.07) is 7.74. The van der Waals surface area contributed by atoms with Gasteiger partial charge in [-0.3, -0.25) is 4.79 Å². The van der Waals surface area contributed by atoms with Crippen molar-refractivity contribution < 1.29 is 19.1 Å². The number of carbonyl (C=O) groups excluding carboxylic acids is 2. The second kappa shape index (κ2) is 10.6. The van der Waals surface area contributed by atoms with Crippen molar-refractivity contribution in [2.45, 2.75) is 51.7 Å². The van der Waals surface area contributed by atoms with Gasteiger partial charge in [0.2, 0.25) is 5.75 Å². The third-order valence-corrected chi connectivity index (χ3v) is 6.92. The lowest BCUT2D eigenvalue weighted by Gasteiger charge is -2.41. The number of hydrogen-bond acceptors (Lipinski definition) is 8. The van der Waals surface area contributed by atoms with Gasteiger partial charge in [0.15, 0.2) is 11.6 Å². The van der Waals surface area contributed by atoms with Crippen molar-refractivity contribution in [1.29, 1.82) is 0 Å². The summed E-state index contributed by atoms with van der Waals surface area (Å²) in [7, 11) is 0. The molecule has 36 heavy (non-hydrogen) atoms. The number of nitrogens with one attached hydrogen (secondary N) is 1. The van der Waals surface area contributed by atoms with E-state index in [1.807, 2.05) is 43.0 Å². The fourth-order valence-electron chi connectivity index (χ4n) is 5.07. The van der Waals surface area contributed by atoms with Gasteiger partial charge in [-0.2, -0.15) is 0 Å². The summed E-state index contributed by atoms with van der Waals surface area (Å²) in [4.78, 5) is 39.8. The van der Waals surface area contributed by atoms with Crippen molar-refractivity contribution in [2.24, 2.45) is 0 Å². The van der Waals surface area contributed by atoms with Crippen molar-refractivity contribution in [3.05, 3.63) is 36.2 Å². The molecule has 2 aromatic rings. The molecule has 192 valence electrons. The predicted octanol–water partition coefficient (Wildman–Crippen LogP) is 3.66. The Morgan fingerprint density at radius 3 is 2.42 bits per heavy atom. The van der Waals surface area contributed by atoms with E-state index in [4.69, 9.17) is 9.47 Å². The molecule has 0 atom stereocenters. The number of anilines is 3. The number of aromatic nitrogens is 2. The fraction of sp³-hybridized carbons (Fsp3) is 0.538. The Balaban J connectivity index is 1.25. The lowest BCUT2D eigenvalue weighted by molar-refractivity contribution is 0.0686. The molecule has 1 aromatic heterocycles. The van der Waals surface area contributed by atoms with Gasteiger partial charge >= 0.3 is 6.09 Å². The van der Waals surface area contributed by atoms with Crippen LogP contribution >= 0.6 is 0 Å². The number of likely N-dealkylation sites (tertiary alicyclic amines) is 2. The van der Waals surface area contributed by atoms with Gasteiger partial charge in [0.25, 0.3) is 5.91 Å². The standard InChI is InChI=1S/C26H34N6O4/c1-18(2)36-26(34)31-13-9-21(10-14-31)32-15-16-35-22-23(27-17-28-24(22)32)29-20-7-5-19(6-8-20)25(33)30-11-3-4-12-30/h5-8,17-18,21H,3-4,9-16H2,1-2H3,(H,27,28,29). The Labute approximate surface area is 211 Å². The smallest absolute Gasteiger partial charge is 0.410 e. The Hall–Kier alpha value is -3.56. The first kappa shape index (κ1) is 24.1. The number of nitrogens with zero attached hydrogens (tertiary/aromatic N) is 5. The predicted molar refractivity (Wildman–Crippen MR) is 136 cm³/mol. The van der Waals surface area contributed by atoms with E-state index in [0.29, 0.717) is 36.8 Å². The third-order valence-electron chi connectivity index (χ3n) is 6.92. The van der Waals surface area contributed by atoms with Crippen LogP contribution in [-0.2, 0) is 4.74 Å². The average Bonchev–Trinajstić information content (AvgIpc) is 3.43. The SMILES string of the molecule is CC(C)OC(=O)N1CCC(N2CCOc3c(Nc4ccc(C(=O)N5CCCC5)cc4)ncnc32)CC1. The van der Waals surface area contributed by atoms with Crippen LogP contribution in [0, 0.1) is 0 Å². The van der Waals surface area contributed by atoms with Crippen LogP contribution in [0.2, 0.25) is 0 Å². The van der Waals surface area contributed by atoms with E-state index >= 15 is 0 Å². The third kappa shape index (κ3) is 5.17. The lowest BCUT2D eigenvalue weighted by atomic mass is 10.0. The zero-order valence-corrected chi connectivity index (χ0v) is 21.0. The summed E-state index contributed by atoms with van der Waals surface area (Å²) in [6.45, 7) is 7.98. The van der Waals surface area contributed by atoms with Crippen LogP contribution in [0.4, 0.5) is 22.1 Å². The number of ether oxygens (including phenoxy) is 2.